The van der Waals surface area contributed by atoms with Crippen LogP contribution in [0.4, 0.5) is 9.52 Å². The van der Waals surface area contributed by atoms with E-state index in [1.54, 1.807) is 23.6 Å². The molecule has 3 rings (SSSR count). The van der Waals surface area contributed by atoms with Crippen LogP contribution in [0.25, 0.3) is 0 Å². The molecule has 0 spiro atoms. The van der Waals surface area contributed by atoms with Gasteiger partial charge >= 0.3 is 0 Å². The monoisotopic (exact) mass is 341 g/mol. The molecule has 0 bridgehead atoms. The number of anilines is 1. The third kappa shape index (κ3) is 3.45. The van der Waals surface area contributed by atoms with Crippen LogP contribution in [0.15, 0.2) is 35.8 Å². The first-order valence-corrected chi connectivity index (χ1v) is 9.40. The molecule has 1 aliphatic heterocycles. The highest BCUT2D eigenvalue weighted by Crippen LogP contribution is 2.21. The van der Waals surface area contributed by atoms with Crippen molar-refractivity contribution in [2.24, 2.45) is 0 Å². The molecule has 118 valence electrons. The molecule has 1 fully saturated rings. The average molecular weight is 341 g/mol. The predicted octanol–water partition coefficient (Wildman–Crippen LogP) is 1.93. The molecule has 2 aromatic rings. The molecule has 0 radical (unpaired) electrons. The van der Waals surface area contributed by atoms with Gasteiger partial charge in [0.25, 0.3) is 0 Å². The van der Waals surface area contributed by atoms with E-state index >= 15 is 0 Å². The number of nitrogens with zero attached hydrogens (tertiary/aromatic N) is 3. The van der Waals surface area contributed by atoms with Gasteiger partial charge < -0.3 is 4.90 Å². The minimum Gasteiger partial charge on any atom is -0.345 e. The zero-order chi connectivity index (χ0) is 15.6. The van der Waals surface area contributed by atoms with Crippen LogP contribution in [-0.2, 0) is 15.8 Å². The van der Waals surface area contributed by atoms with E-state index in [2.05, 4.69) is 9.88 Å². The van der Waals surface area contributed by atoms with Crippen molar-refractivity contribution >= 4 is 26.5 Å². The molecule has 1 aromatic heterocycles. The Morgan fingerprint density at radius 2 is 2.00 bits per heavy atom. The van der Waals surface area contributed by atoms with Crippen molar-refractivity contribution in [3.63, 3.8) is 0 Å². The summed E-state index contributed by atoms with van der Waals surface area (Å²) in [6.07, 6.45) is 1.74. The molecule has 0 N–H and O–H groups in total. The van der Waals surface area contributed by atoms with E-state index in [1.165, 1.54) is 22.5 Å². The third-order valence-electron chi connectivity index (χ3n) is 3.56. The summed E-state index contributed by atoms with van der Waals surface area (Å²) in [6, 6.07) is 5.74. The molecule has 1 aromatic carbocycles. The van der Waals surface area contributed by atoms with E-state index in [1.807, 2.05) is 5.38 Å². The second-order valence-electron chi connectivity index (χ2n) is 5.09. The summed E-state index contributed by atoms with van der Waals surface area (Å²) in [6.45, 7) is 2.10. The largest absolute Gasteiger partial charge is 0.345 e. The van der Waals surface area contributed by atoms with Crippen molar-refractivity contribution in [2.45, 2.75) is 5.75 Å². The van der Waals surface area contributed by atoms with Gasteiger partial charge in [-0.15, -0.1) is 11.3 Å². The first-order valence-electron chi connectivity index (χ1n) is 6.91. The number of hydrogen-bond donors (Lipinski definition) is 0. The first-order chi connectivity index (χ1) is 10.5. The lowest BCUT2D eigenvalue weighted by molar-refractivity contribution is 0.384. The van der Waals surface area contributed by atoms with E-state index in [9.17, 15) is 12.8 Å². The zero-order valence-corrected chi connectivity index (χ0v) is 13.5. The maximum absolute atomic E-state index is 13.2. The van der Waals surface area contributed by atoms with Crippen LogP contribution in [-0.4, -0.2) is 43.9 Å². The molecule has 8 heteroatoms. The van der Waals surface area contributed by atoms with E-state index in [0.717, 1.165) is 5.13 Å². The highest BCUT2D eigenvalue weighted by atomic mass is 32.2. The Morgan fingerprint density at radius 1 is 1.23 bits per heavy atom. The van der Waals surface area contributed by atoms with Gasteiger partial charge in [-0.05, 0) is 17.7 Å². The van der Waals surface area contributed by atoms with Crippen LogP contribution in [0.2, 0.25) is 0 Å². The summed E-state index contributed by atoms with van der Waals surface area (Å²) in [5, 5.41) is 2.82. The fraction of sp³-hybridized carbons (Fsp3) is 0.357. The lowest BCUT2D eigenvalue weighted by Gasteiger charge is -2.33. The number of aromatic nitrogens is 1. The van der Waals surface area contributed by atoms with Gasteiger partial charge in [0.15, 0.2) is 5.13 Å². The summed E-state index contributed by atoms with van der Waals surface area (Å²) in [5.74, 6) is -0.580. The van der Waals surface area contributed by atoms with Crippen molar-refractivity contribution < 1.29 is 12.8 Å². The second-order valence-corrected chi connectivity index (χ2v) is 7.93. The molecule has 1 saturated heterocycles. The number of halogens is 1. The van der Waals surface area contributed by atoms with Gasteiger partial charge in [0.1, 0.15) is 5.82 Å². The van der Waals surface area contributed by atoms with Crippen molar-refractivity contribution in [1.29, 1.82) is 0 Å². The third-order valence-corrected chi connectivity index (χ3v) is 6.24. The molecule has 1 aliphatic rings. The first kappa shape index (κ1) is 15.4. The van der Waals surface area contributed by atoms with Gasteiger partial charge in [-0.2, -0.15) is 4.31 Å². The van der Waals surface area contributed by atoms with Crippen molar-refractivity contribution in [2.75, 3.05) is 31.1 Å². The number of benzene rings is 1. The van der Waals surface area contributed by atoms with Gasteiger partial charge in [-0.1, -0.05) is 12.1 Å². The maximum Gasteiger partial charge on any atom is 0.218 e. The number of thiazole rings is 1. The van der Waals surface area contributed by atoms with Gasteiger partial charge in [-0.3, -0.25) is 0 Å². The Kier molecular flexibility index (Phi) is 4.42. The Hall–Kier alpha value is -1.51. The summed E-state index contributed by atoms with van der Waals surface area (Å²) >= 11 is 1.55. The molecule has 0 saturated carbocycles. The number of rotatable bonds is 4. The topological polar surface area (TPSA) is 53.5 Å². The minimum absolute atomic E-state index is 0.165. The van der Waals surface area contributed by atoms with Gasteiger partial charge in [0, 0.05) is 37.8 Å². The molecular weight excluding hydrogens is 325 g/mol. The molecule has 22 heavy (non-hydrogen) atoms. The maximum atomic E-state index is 13.2. The van der Waals surface area contributed by atoms with Crippen LogP contribution in [0.5, 0.6) is 0 Å². The van der Waals surface area contributed by atoms with E-state index < -0.39 is 15.8 Å². The van der Waals surface area contributed by atoms with Crippen LogP contribution in [0.1, 0.15) is 5.56 Å². The molecule has 5 nitrogen and oxygen atoms in total. The summed E-state index contributed by atoms with van der Waals surface area (Å²) in [5.41, 5.74) is 0.474. The standard InChI is InChI=1S/C14H16FN3O2S2/c15-13-3-1-2-12(10-13)11-22(19,20)18-7-5-17(6-8-18)14-16-4-9-21-14/h1-4,9-10H,5-8,11H2. The fourth-order valence-electron chi connectivity index (χ4n) is 2.46. The SMILES string of the molecule is O=S(=O)(Cc1cccc(F)c1)N1CCN(c2nccs2)CC1. The number of piperazine rings is 1. The zero-order valence-electron chi connectivity index (χ0n) is 11.9. The van der Waals surface area contributed by atoms with Gasteiger partial charge in [0.05, 0.1) is 5.75 Å². The number of hydrogen-bond acceptors (Lipinski definition) is 5. The van der Waals surface area contributed by atoms with E-state index in [-0.39, 0.29) is 5.75 Å². The van der Waals surface area contributed by atoms with Crippen molar-refractivity contribution in [3.05, 3.63) is 47.2 Å². The van der Waals surface area contributed by atoms with Crippen LogP contribution >= 0.6 is 11.3 Å². The Balaban J connectivity index is 1.64. The van der Waals surface area contributed by atoms with Gasteiger partial charge in [-0.25, -0.2) is 17.8 Å². The Bertz CT molecular complexity index is 726. The molecule has 0 unspecified atom stereocenters. The normalized spacial score (nSPS) is 16.9. The van der Waals surface area contributed by atoms with Gasteiger partial charge in [0.2, 0.25) is 10.0 Å². The minimum atomic E-state index is -3.42. The lowest BCUT2D eigenvalue weighted by Crippen LogP contribution is -2.49. The highest BCUT2D eigenvalue weighted by molar-refractivity contribution is 7.88. The quantitative estimate of drug-likeness (QED) is 0.853. The molecule has 0 atom stereocenters. The highest BCUT2D eigenvalue weighted by Gasteiger charge is 2.27. The second kappa shape index (κ2) is 6.31. The molecule has 2 heterocycles. The van der Waals surface area contributed by atoms with E-state index in [4.69, 9.17) is 0 Å². The predicted molar refractivity (Wildman–Crippen MR) is 84.9 cm³/mol. The number of sulfonamides is 1. The smallest absolute Gasteiger partial charge is 0.218 e. The molecule has 0 aliphatic carbocycles. The fourth-order valence-corrected chi connectivity index (χ4v) is 4.66. The van der Waals surface area contributed by atoms with Crippen molar-refractivity contribution in [1.82, 2.24) is 9.29 Å². The van der Waals surface area contributed by atoms with Crippen LogP contribution in [0.3, 0.4) is 0 Å². The average Bonchev–Trinajstić information content (AvgIpc) is 3.01. The van der Waals surface area contributed by atoms with Crippen LogP contribution in [0, 0.1) is 5.82 Å². The summed E-state index contributed by atoms with van der Waals surface area (Å²) in [4.78, 5) is 6.32. The Labute approximate surface area is 133 Å². The summed E-state index contributed by atoms with van der Waals surface area (Å²) in [7, 11) is -3.42. The van der Waals surface area contributed by atoms with Crippen LogP contribution < -0.4 is 4.90 Å². The lowest BCUT2D eigenvalue weighted by atomic mass is 10.2. The summed E-state index contributed by atoms with van der Waals surface area (Å²) < 4.78 is 39.5. The Morgan fingerprint density at radius 3 is 2.64 bits per heavy atom. The molecular formula is C14H16FN3O2S2. The molecule has 0 amide bonds. The van der Waals surface area contributed by atoms with Crippen molar-refractivity contribution in [3.8, 4) is 0 Å². The van der Waals surface area contributed by atoms with E-state index in [0.29, 0.717) is 31.7 Å².